The fourth-order valence-corrected chi connectivity index (χ4v) is 3.46. The second kappa shape index (κ2) is 11.5. The normalized spacial score (nSPS) is 11.8. The van der Waals surface area contributed by atoms with Crippen LogP contribution in [0.1, 0.15) is 37.8 Å². The van der Waals surface area contributed by atoms with Crippen LogP contribution in [0, 0.1) is 5.82 Å². The van der Waals surface area contributed by atoms with E-state index in [0.717, 1.165) is 12.8 Å². The van der Waals surface area contributed by atoms with Gasteiger partial charge in [-0.3, -0.25) is 9.59 Å². The van der Waals surface area contributed by atoms with Crippen LogP contribution in [-0.4, -0.2) is 29.3 Å². The van der Waals surface area contributed by atoms with Gasteiger partial charge in [-0.25, -0.2) is 4.39 Å². The highest BCUT2D eigenvalue weighted by Gasteiger charge is 2.27. The van der Waals surface area contributed by atoms with Crippen LogP contribution in [0.3, 0.4) is 0 Å². The lowest BCUT2D eigenvalue weighted by molar-refractivity contribution is -0.140. The van der Waals surface area contributed by atoms with Gasteiger partial charge >= 0.3 is 0 Å². The van der Waals surface area contributed by atoms with Crippen LogP contribution in [0.2, 0.25) is 15.1 Å². The summed E-state index contributed by atoms with van der Waals surface area (Å²) in [6, 6.07) is 8.48. The number of nitrogens with one attached hydrogen (secondary N) is 1. The Morgan fingerprint density at radius 2 is 1.83 bits per heavy atom. The molecule has 4 nitrogen and oxygen atoms in total. The first-order chi connectivity index (χ1) is 14.2. The third kappa shape index (κ3) is 6.59. The van der Waals surface area contributed by atoms with Crippen molar-refractivity contribution in [3.05, 3.63) is 68.4 Å². The van der Waals surface area contributed by atoms with Crippen molar-refractivity contribution in [3.8, 4) is 0 Å². The number of hydrogen-bond acceptors (Lipinski definition) is 2. The Balaban J connectivity index is 2.27. The maximum absolute atomic E-state index is 14.2. The average molecular weight is 474 g/mol. The average Bonchev–Trinajstić information content (AvgIpc) is 2.71. The van der Waals surface area contributed by atoms with Gasteiger partial charge in [0, 0.05) is 23.7 Å². The third-order valence-corrected chi connectivity index (χ3v) is 5.82. The fraction of sp³-hybridized carbons (Fsp3) is 0.364. The van der Waals surface area contributed by atoms with Gasteiger partial charge in [0.1, 0.15) is 11.9 Å². The van der Waals surface area contributed by atoms with Gasteiger partial charge < -0.3 is 10.2 Å². The van der Waals surface area contributed by atoms with E-state index >= 15 is 0 Å². The van der Waals surface area contributed by atoms with E-state index in [1.807, 2.05) is 6.92 Å². The van der Waals surface area contributed by atoms with E-state index in [4.69, 9.17) is 34.8 Å². The van der Waals surface area contributed by atoms with E-state index in [0.29, 0.717) is 22.2 Å². The summed E-state index contributed by atoms with van der Waals surface area (Å²) in [4.78, 5) is 27.1. The summed E-state index contributed by atoms with van der Waals surface area (Å²) in [5.41, 5.74) is 0.799. The predicted octanol–water partition coefficient (Wildman–Crippen LogP) is 5.66. The van der Waals surface area contributed by atoms with Gasteiger partial charge in [-0.05, 0) is 43.2 Å². The maximum atomic E-state index is 14.2. The molecule has 2 rings (SSSR count). The SMILES string of the molecule is CCCCNC(=O)[C@@H](C)N(Cc1ccc(Cl)c(Cl)c1)C(=O)Cc1c(F)cccc1Cl. The van der Waals surface area contributed by atoms with Gasteiger partial charge in [0.2, 0.25) is 11.8 Å². The Kier molecular flexibility index (Phi) is 9.40. The molecule has 0 unspecified atom stereocenters. The molecule has 0 aromatic heterocycles. The van der Waals surface area contributed by atoms with Crippen molar-refractivity contribution in [2.24, 2.45) is 0 Å². The Hall–Kier alpha value is -1.82. The summed E-state index contributed by atoms with van der Waals surface area (Å²) in [5, 5.41) is 3.73. The summed E-state index contributed by atoms with van der Waals surface area (Å²) in [6.45, 7) is 4.30. The first-order valence-electron chi connectivity index (χ1n) is 9.68. The van der Waals surface area contributed by atoms with E-state index in [2.05, 4.69) is 5.32 Å². The quantitative estimate of drug-likeness (QED) is 0.478. The van der Waals surface area contributed by atoms with Crippen LogP contribution in [0.5, 0.6) is 0 Å². The molecule has 2 aromatic carbocycles. The molecule has 1 N–H and O–H groups in total. The summed E-state index contributed by atoms with van der Waals surface area (Å²) in [6.07, 6.45) is 1.51. The Morgan fingerprint density at radius 1 is 1.10 bits per heavy atom. The number of benzene rings is 2. The number of nitrogens with zero attached hydrogens (tertiary/aromatic N) is 1. The van der Waals surface area contributed by atoms with Gasteiger partial charge in [-0.15, -0.1) is 0 Å². The zero-order chi connectivity index (χ0) is 22.3. The van der Waals surface area contributed by atoms with Crippen molar-refractivity contribution >= 4 is 46.6 Å². The van der Waals surface area contributed by atoms with Crippen LogP contribution in [-0.2, 0) is 22.6 Å². The molecule has 0 heterocycles. The van der Waals surface area contributed by atoms with Crippen molar-refractivity contribution < 1.29 is 14.0 Å². The lowest BCUT2D eigenvalue weighted by Crippen LogP contribution is -2.48. The molecule has 0 aliphatic carbocycles. The molecule has 162 valence electrons. The zero-order valence-electron chi connectivity index (χ0n) is 16.9. The van der Waals surface area contributed by atoms with Gasteiger partial charge in [-0.1, -0.05) is 60.3 Å². The third-order valence-electron chi connectivity index (χ3n) is 4.72. The molecule has 8 heteroatoms. The first-order valence-corrected chi connectivity index (χ1v) is 10.8. The second-order valence-electron chi connectivity index (χ2n) is 6.97. The molecule has 0 aliphatic rings. The van der Waals surface area contributed by atoms with E-state index in [1.54, 1.807) is 25.1 Å². The molecule has 2 amide bonds. The van der Waals surface area contributed by atoms with Gasteiger partial charge in [0.25, 0.3) is 0 Å². The van der Waals surface area contributed by atoms with Gasteiger partial charge in [-0.2, -0.15) is 0 Å². The van der Waals surface area contributed by atoms with Crippen molar-refractivity contribution in [2.45, 2.75) is 45.7 Å². The molecular weight excluding hydrogens is 450 g/mol. The topological polar surface area (TPSA) is 49.4 Å². The van der Waals surface area contributed by atoms with Crippen LogP contribution in [0.4, 0.5) is 4.39 Å². The van der Waals surface area contributed by atoms with Crippen LogP contribution >= 0.6 is 34.8 Å². The molecule has 30 heavy (non-hydrogen) atoms. The molecule has 0 aliphatic heterocycles. The summed E-state index contributed by atoms with van der Waals surface area (Å²) < 4.78 is 14.2. The standard InChI is InChI=1S/C22H24Cl3FN2O2/c1-3-4-10-27-22(30)14(2)28(13-15-8-9-18(24)19(25)11-15)21(29)12-16-17(23)6-5-7-20(16)26/h5-9,11,14H,3-4,10,12-13H2,1-2H3,(H,27,30)/t14-/m1/s1. The van der Waals surface area contributed by atoms with Crippen LogP contribution in [0.15, 0.2) is 36.4 Å². The number of carbonyl (C=O) groups is 2. The Morgan fingerprint density at radius 3 is 2.47 bits per heavy atom. The smallest absolute Gasteiger partial charge is 0.242 e. The van der Waals surface area contributed by atoms with Crippen molar-refractivity contribution in [1.82, 2.24) is 10.2 Å². The van der Waals surface area contributed by atoms with E-state index in [1.165, 1.54) is 23.1 Å². The summed E-state index contributed by atoms with van der Waals surface area (Å²) >= 11 is 18.1. The number of carbonyl (C=O) groups excluding carboxylic acids is 2. The number of amides is 2. The van der Waals surface area contributed by atoms with Crippen molar-refractivity contribution in [3.63, 3.8) is 0 Å². The second-order valence-corrected chi connectivity index (χ2v) is 8.19. The summed E-state index contributed by atoms with van der Waals surface area (Å²) in [7, 11) is 0. The minimum atomic E-state index is -0.769. The van der Waals surface area contributed by atoms with Gasteiger partial charge in [0.05, 0.1) is 16.5 Å². The molecule has 0 saturated carbocycles. The number of rotatable bonds is 9. The lowest BCUT2D eigenvalue weighted by Gasteiger charge is -2.29. The molecule has 2 aromatic rings. The van der Waals surface area contributed by atoms with E-state index in [-0.39, 0.29) is 29.5 Å². The molecule has 0 fully saturated rings. The summed E-state index contributed by atoms with van der Waals surface area (Å²) in [5.74, 6) is -1.27. The number of halogens is 4. The molecule has 0 saturated heterocycles. The fourth-order valence-electron chi connectivity index (χ4n) is 2.91. The highest BCUT2D eigenvalue weighted by Crippen LogP contribution is 2.25. The molecule has 0 radical (unpaired) electrons. The largest absolute Gasteiger partial charge is 0.354 e. The van der Waals surface area contributed by atoms with Crippen LogP contribution < -0.4 is 5.32 Å². The van der Waals surface area contributed by atoms with Crippen molar-refractivity contribution in [2.75, 3.05) is 6.54 Å². The lowest BCUT2D eigenvalue weighted by atomic mass is 10.1. The molecule has 1 atom stereocenters. The van der Waals surface area contributed by atoms with Crippen LogP contribution in [0.25, 0.3) is 0 Å². The zero-order valence-corrected chi connectivity index (χ0v) is 19.1. The first kappa shape index (κ1) is 24.4. The Labute approximate surface area is 191 Å². The minimum Gasteiger partial charge on any atom is -0.354 e. The number of hydrogen-bond donors (Lipinski definition) is 1. The van der Waals surface area contributed by atoms with E-state index < -0.39 is 17.8 Å². The minimum absolute atomic E-state index is 0.0990. The molecular formula is C22H24Cl3FN2O2. The monoisotopic (exact) mass is 472 g/mol. The molecule has 0 spiro atoms. The molecule has 0 bridgehead atoms. The Bertz CT molecular complexity index is 888. The highest BCUT2D eigenvalue weighted by atomic mass is 35.5. The predicted molar refractivity (Wildman–Crippen MR) is 120 cm³/mol. The van der Waals surface area contributed by atoms with Gasteiger partial charge in [0.15, 0.2) is 0 Å². The van der Waals surface area contributed by atoms with E-state index in [9.17, 15) is 14.0 Å². The highest BCUT2D eigenvalue weighted by molar-refractivity contribution is 6.42. The van der Waals surface area contributed by atoms with Crippen molar-refractivity contribution in [1.29, 1.82) is 0 Å². The maximum Gasteiger partial charge on any atom is 0.242 e. The number of unbranched alkanes of at least 4 members (excludes halogenated alkanes) is 1.